The second-order valence-electron chi connectivity index (χ2n) is 5.02. The van der Waals surface area contributed by atoms with Crippen LogP contribution >= 0.6 is 15.9 Å². The largest absolute Gasteiger partial charge is 0.481 e. The summed E-state index contributed by atoms with van der Waals surface area (Å²) in [7, 11) is -3.56. The zero-order valence-electron chi connectivity index (χ0n) is 11.1. The van der Waals surface area contributed by atoms with E-state index < -0.39 is 27.7 Å². The number of carboxylic acid groups (broad SMARTS) is 1. The van der Waals surface area contributed by atoms with E-state index in [1.807, 2.05) is 0 Å². The van der Waals surface area contributed by atoms with Crippen LogP contribution in [0.25, 0.3) is 0 Å². The van der Waals surface area contributed by atoms with E-state index in [1.165, 1.54) is 16.4 Å². The van der Waals surface area contributed by atoms with Gasteiger partial charge in [0.25, 0.3) is 0 Å². The highest BCUT2D eigenvalue weighted by Gasteiger charge is 2.31. The number of carboxylic acids is 1. The van der Waals surface area contributed by atoms with Gasteiger partial charge in [-0.05, 0) is 46.5 Å². The average Bonchev–Trinajstić information content (AvgIpc) is 2.43. The number of benzene rings is 1. The topological polar surface area (TPSA) is 74.7 Å². The molecule has 0 spiro atoms. The highest BCUT2D eigenvalue weighted by molar-refractivity contribution is 9.10. The highest BCUT2D eigenvalue weighted by atomic mass is 79.9. The Morgan fingerprint density at radius 2 is 2.00 bits per heavy atom. The third-order valence-electron chi connectivity index (χ3n) is 3.53. The van der Waals surface area contributed by atoms with E-state index in [-0.39, 0.29) is 23.3 Å². The van der Waals surface area contributed by atoms with Crippen LogP contribution in [0.1, 0.15) is 18.4 Å². The van der Waals surface area contributed by atoms with Crippen LogP contribution in [0.4, 0.5) is 4.39 Å². The molecule has 116 valence electrons. The minimum absolute atomic E-state index is 0.193. The predicted octanol–water partition coefficient (Wildman–Crippen LogP) is 2.21. The first-order chi connectivity index (χ1) is 9.79. The van der Waals surface area contributed by atoms with E-state index in [4.69, 9.17) is 5.11 Å². The minimum atomic E-state index is -3.56. The van der Waals surface area contributed by atoms with Gasteiger partial charge in [-0.2, -0.15) is 0 Å². The minimum Gasteiger partial charge on any atom is -0.481 e. The molecule has 1 saturated heterocycles. The Bertz CT molecular complexity index is 642. The van der Waals surface area contributed by atoms with Gasteiger partial charge in [-0.15, -0.1) is 0 Å². The van der Waals surface area contributed by atoms with Crippen molar-refractivity contribution in [2.75, 3.05) is 13.1 Å². The Balaban J connectivity index is 2.05. The highest BCUT2D eigenvalue weighted by Crippen LogP contribution is 2.23. The summed E-state index contributed by atoms with van der Waals surface area (Å²) in [6.45, 7) is 0.386. The molecule has 1 aromatic carbocycles. The molecular weight excluding hydrogens is 365 g/mol. The standard InChI is InChI=1S/C13H15BrFNO4S/c14-11-2-1-9(7-12(11)15)8-21(19,20)16-5-3-10(4-6-16)13(17)18/h1-2,7,10H,3-6,8H2,(H,17,18). The maximum Gasteiger partial charge on any atom is 0.306 e. The van der Waals surface area contributed by atoms with Crippen molar-refractivity contribution in [1.82, 2.24) is 4.31 Å². The van der Waals surface area contributed by atoms with Crippen LogP contribution in [0.2, 0.25) is 0 Å². The Morgan fingerprint density at radius 3 is 2.52 bits per heavy atom. The van der Waals surface area contributed by atoms with Crippen LogP contribution in [0.15, 0.2) is 22.7 Å². The Morgan fingerprint density at radius 1 is 1.38 bits per heavy atom. The molecule has 0 saturated carbocycles. The molecule has 0 amide bonds. The molecule has 1 N–H and O–H groups in total. The molecule has 5 nitrogen and oxygen atoms in total. The molecule has 0 aliphatic carbocycles. The summed E-state index contributed by atoms with van der Waals surface area (Å²) in [5.74, 6) is -2.16. The van der Waals surface area contributed by atoms with Crippen LogP contribution in [-0.4, -0.2) is 36.9 Å². The van der Waals surface area contributed by atoms with Gasteiger partial charge in [0.05, 0.1) is 16.1 Å². The van der Waals surface area contributed by atoms with Crippen molar-refractivity contribution in [1.29, 1.82) is 0 Å². The van der Waals surface area contributed by atoms with E-state index in [9.17, 15) is 17.6 Å². The Kier molecular flexibility index (Phi) is 5.00. The van der Waals surface area contributed by atoms with Gasteiger partial charge in [0.15, 0.2) is 0 Å². The van der Waals surface area contributed by atoms with Crippen LogP contribution in [0.5, 0.6) is 0 Å². The van der Waals surface area contributed by atoms with Gasteiger partial charge in [0.2, 0.25) is 10.0 Å². The third-order valence-corrected chi connectivity index (χ3v) is 6.02. The second-order valence-corrected chi connectivity index (χ2v) is 7.84. The number of nitrogens with zero attached hydrogens (tertiary/aromatic N) is 1. The van der Waals surface area contributed by atoms with E-state index >= 15 is 0 Å². The summed E-state index contributed by atoms with van der Waals surface area (Å²) in [4.78, 5) is 10.9. The van der Waals surface area contributed by atoms with Gasteiger partial charge < -0.3 is 5.11 Å². The van der Waals surface area contributed by atoms with Gasteiger partial charge in [-0.1, -0.05) is 6.07 Å². The van der Waals surface area contributed by atoms with Crippen LogP contribution in [0.3, 0.4) is 0 Å². The van der Waals surface area contributed by atoms with Crippen molar-refractivity contribution in [2.24, 2.45) is 5.92 Å². The normalized spacial score (nSPS) is 17.8. The van der Waals surface area contributed by atoms with Crippen molar-refractivity contribution in [3.8, 4) is 0 Å². The summed E-state index contributed by atoms with van der Waals surface area (Å²) in [5.41, 5.74) is 0.371. The Labute approximate surface area is 130 Å². The molecule has 2 rings (SSSR count). The SMILES string of the molecule is O=C(O)C1CCN(S(=O)(=O)Cc2ccc(Br)c(F)c2)CC1. The first-order valence-electron chi connectivity index (χ1n) is 6.44. The molecule has 1 heterocycles. The summed E-state index contributed by atoms with van der Waals surface area (Å²) >= 11 is 3.02. The second kappa shape index (κ2) is 6.41. The van der Waals surface area contributed by atoms with Crippen molar-refractivity contribution in [3.05, 3.63) is 34.1 Å². The fraction of sp³-hybridized carbons (Fsp3) is 0.462. The van der Waals surface area contributed by atoms with Gasteiger partial charge in [0, 0.05) is 13.1 Å². The van der Waals surface area contributed by atoms with Gasteiger partial charge in [-0.25, -0.2) is 17.1 Å². The molecule has 8 heteroatoms. The average molecular weight is 380 g/mol. The van der Waals surface area contributed by atoms with E-state index in [0.29, 0.717) is 18.4 Å². The summed E-state index contributed by atoms with van der Waals surface area (Å²) in [6.07, 6.45) is 0.618. The van der Waals surface area contributed by atoms with E-state index in [2.05, 4.69) is 15.9 Å². The molecule has 0 radical (unpaired) electrons. The predicted molar refractivity (Wildman–Crippen MR) is 78.7 cm³/mol. The quantitative estimate of drug-likeness (QED) is 0.869. The lowest BCUT2D eigenvalue weighted by atomic mass is 9.99. The molecule has 1 aromatic rings. The maximum absolute atomic E-state index is 13.4. The lowest BCUT2D eigenvalue weighted by Gasteiger charge is -2.29. The number of hydrogen-bond donors (Lipinski definition) is 1. The summed E-state index contributed by atoms with van der Waals surface area (Å²) in [5, 5.41) is 8.90. The lowest BCUT2D eigenvalue weighted by molar-refractivity contribution is -0.142. The number of hydrogen-bond acceptors (Lipinski definition) is 3. The molecule has 21 heavy (non-hydrogen) atoms. The van der Waals surface area contributed by atoms with Crippen molar-refractivity contribution in [2.45, 2.75) is 18.6 Å². The maximum atomic E-state index is 13.4. The van der Waals surface area contributed by atoms with Gasteiger partial charge in [0.1, 0.15) is 5.82 Å². The zero-order valence-corrected chi connectivity index (χ0v) is 13.5. The van der Waals surface area contributed by atoms with Crippen molar-refractivity contribution in [3.63, 3.8) is 0 Å². The molecule has 0 aromatic heterocycles. The third kappa shape index (κ3) is 4.02. The number of sulfonamides is 1. The summed E-state index contributed by atoms with van der Waals surface area (Å²) in [6, 6.07) is 4.21. The molecule has 1 aliphatic rings. The first kappa shape index (κ1) is 16.4. The molecular formula is C13H15BrFNO4S. The van der Waals surface area contributed by atoms with Crippen LogP contribution < -0.4 is 0 Å². The van der Waals surface area contributed by atoms with Crippen LogP contribution in [-0.2, 0) is 20.6 Å². The number of carbonyl (C=O) groups is 1. The number of piperidine rings is 1. The smallest absolute Gasteiger partial charge is 0.306 e. The molecule has 1 fully saturated rings. The monoisotopic (exact) mass is 379 g/mol. The lowest BCUT2D eigenvalue weighted by Crippen LogP contribution is -2.40. The van der Waals surface area contributed by atoms with E-state index in [0.717, 1.165) is 0 Å². The fourth-order valence-corrected chi connectivity index (χ4v) is 4.11. The van der Waals surface area contributed by atoms with Crippen molar-refractivity contribution >= 4 is 31.9 Å². The zero-order chi connectivity index (χ0) is 15.6. The molecule has 0 atom stereocenters. The molecule has 1 aliphatic heterocycles. The number of aliphatic carboxylic acids is 1. The fourth-order valence-electron chi connectivity index (χ4n) is 2.31. The van der Waals surface area contributed by atoms with Crippen molar-refractivity contribution < 1.29 is 22.7 Å². The molecule has 0 unspecified atom stereocenters. The Hall–Kier alpha value is -0.990. The van der Waals surface area contributed by atoms with Gasteiger partial charge in [-0.3, -0.25) is 4.79 Å². The number of halogens is 2. The first-order valence-corrected chi connectivity index (χ1v) is 8.84. The van der Waals surface area contributed by atoms with Gasteiger partial charge >= 0.3 is 5.97 Å². The van der Waals surface area contributed by atoms with E-state index in [1.54, 1.807) is 6.07 Å². The molecule has 0 bridgehead atoms. The summed E-state index contributed by atoms with van der Waals surface area (Å²) < 4.78 is 39.5. The van der Waals surface area contributed by atoms with Crippen LogP contribution in [0, 0.1) is 11.7 Å². The number of rotatable bonds is 4.